The van der Waals surface area contributed by atoms with Crippen molar-refractivity contribution >= 4 is 16.1 Å². The summed E-state index contributed by atoms with van der Waals surface area (Å²) in [5.41, 5.74) is 0.891. The topological polar surface area (TPSA) is 60.2 Å². The smallest absolute Gasteiger partial charge is 0.225 e. The Morgan fingerprint density at radius 1 is 1.23 bits per heavy atom. The lowest BCUT2D eigenvalue weighted by atomic mass is 10.2. The molecule has 0 saturated heterocycles. The van der Waals surface area contributed by atoms with Crippen molar-refractivity contribution in [3.8, 4) is 0 Å². The van der Waals surface area contributed by atoms with E-state index >= 15 is 0 Å². The van der Waals surface area contributed by atoms with Crippen LogP contribution in [-0.4, -0.2) is 8.42 Å². The Morgan fingerprint density at radius 3 is 2.15 bits per heavy atom. The van der Waals surface area contributed by atoms with Crippen molar-refractivity contribution < 1.29 is 8.42 Å². The largest absolute Gasteiger partial charge is 0.238 e. The van der Waals surface area contributed by atoms with Gasteiger partial charge in [0.1, 0.15) is 0 Å². The van der Waals surface area contributed by atoms with Crippen LogP contribution >= 0.6 is 0 Å². The Kier molecular flexibility index (Phi) is 2.85. The average molecular weight is 196 g/mol. The fourth-order valence-electron chi connectivity index (χ4n) is 0.905. The molecule has 0 aliphatic carbocycles. The summed E-state index contributed by atoms with van der Waals surface area (Å²) in [5.74, 6) is 0. The molecular formula is C9H10NO2S. The van der Waals surface area contributed by atoms with Gasteiger partial charge >= 0.3 is 0 Å². The van der Waals surface area contributed by atoms with Crippen LogP contribution in [0, 0.1) is 6.92 Å². The van der Waals surface area contributed by atoms with Crippen molar-refractivity contribution in [1.82, 2.24) is 0 Å². The maximum absolute atomic E-state index is 10.8. The van der Waals surface area contributed by atoms with Gasteiger partial charge in [0, 0.05) is 0 Å². The number of hydrogen-bond donors (Lipinski definition) is 1. The molecule has 0 bridgehead atoms. The summed E-state index contributed by atoms with van der Waals surface area (Å²) in [7, 11) is -3.57. The molecule has 0 spiro atoms. The minimum atomic E-state index is -3.57. The molecule has 0 aliphatic rings. The van der Waals surface area contributed by atoms with Crippen molar-refractivity contribution in [3.05, 3.63) is 42.8 Å². The van der Waals surface area contributed by atoms with Gasteiger partial charge in [0.25, 0.3) is 0 Å². The molecule has 1 radical (unpaired) electrons. The third-order valence-electron chi connectivity index (χ3n) is 1.52. The van der Waals surface area contributed by atoms with Gasteiger partial charge < -0.3 is 0 Å². The Labute approximate surface area is 77.9 Å². The highest BCUT2D eigenvalue weighted by atomic mass is 32.2. The predicted octanol–water partition coefficient (Wildman–Crippen LogP) is 1.18. The lowest BCUT2D eigenvalue weighted by Gasteiger charge is -1.97. The van der Waals surface area contributed by atoms with Gasteiger partial charge in [-0.15, -0.1) is 0 Å². The molecule has 13 heavy (non-hydrogen) atoms. The van der Waals surface area contributed by atoms with E-state index in [-0.39, 0.29) is 4.90 Å². The van der Waals surface area contributed by atoms with E-state index in [1.54, 1.807) is 24.3 Å². The van der Waals surface area contributed by atoms with Crippen LogP contribution in [0.15, 0.2) is 35.2 Å². The average Bonchev–Trinajstić information content (AvgIpc) is 2.04. The lowest BCUT2D eigenvalue weighted by Crippen LogP contribution is -2.11. The molecule has 0 aliphatic heterocycles. The summed E-state index contributed by atoms with van der Waals surface area (Å²) in [6, 6.07) is 6.26. The molecule has 0 heterocycles. The van der Waals surface area contributed by atoms with Gasteiger partial charge in [-0.25, -0.2) is 13.6 Å². The number of benzene rings is 1. The number of sulfonamides is 1. The van der Waals surface area contributed by atoms with Crippen LogP contribution in [0.3, 0.4) is 0 Å². The Hall–Kier alpha value is -1.13. The van der Waals surface area contributed by atoms with Crippen molar-refractivity contribution in [2.24, 2.45) is 5.14 Å². The summed E-state index contributed by atoms with van der Waals surface area (Å²) < 4.78 is 21.7. The van der Waals surface area contributed by atoms with Crippen molar-refractivity contribution in [3.63, 3.8) is 0 Å². The number of nitrogens with two attached hydrogens (primary N) is 1. The van der Waals surface area contributed by atoms with E-state index in [1.807, 2.05) is 0 Å². The first-order valence-corrected chi connectivity index (χ1v) is 5.17. The van der Waals surface area contributed by atoms with Crippen LogP contribution in [0.1, 0.15) is 5.56 Å². The molecule has 1 aromatic rings. The van der Waals surface area contributed by atoms with Gasteiger partial charge in [-0.05, 0) is 24.6 Å². The van der Waals surface area contributed by atoms with Crippen LogP contribution in [0.25, 0.3) is 6.08 Å². The SMILES string of the molecule is [CH2]C=Cc1ccc(S(N)(=O)=O)cc1. The van der Waals surface area contributed by atoms with Gasteiger partial charge in [0.15, 0.2) is 0 Å². The molecule has 0 amide bonds. The Balaban J connectivity index is 3.08. The van der Waals surface area contributed by atoms with Crippen LogP contribution in [0.4, 0.5) is 0 Å². The van der Waals surface area contributed by atoms with Crippen molar-refractivity contribution in [1.29, 1.82) is 0 Å². The minimum absolute atomic E-state index is 0.119. The summed E-state index contributed by atoms with van der Waals surface area (Å²) in [4.78, 5) is 0.119. The van der Waals surface area contributed by atoms with E-state index in [2.05, 4.69) is 6.92 Å². The van der Waals surface area contributed by atoms with Crippen LogP contribution in [-0.2, 0) is 10.0 Å². The van der Waals surface area contributed by atoms with E-state index < -0.39 is 10.0 Å². The molecule has 4 heteroatoms. The normalized spacial score (nSPS) is 12.2. The first-order valence-electron chi connectivity index (χ1n) is 3.62. The zero-order valence-electron chi connectivity index (χ0n) is 6.97. The molecule has 1 aromatic carbocycles. The van der Waals surface area contributed by atoms with Crippen molar-refractivity contribution in [2.45, 2.75) is 4.90 Å². The highest BCUT2D eigenvalue weighted by Gasteiger charge is 2.05. The molecule has 0 atom stereocenters. The molecule has 0 aromatic heterocycles. The number of primary sulfonamides is 1. The minimum Gasteiger partial charge on any atom is -0.225 e. The highest BCUT2D eigenvalue weighted by Crippen LogP contribution is 2.09. The number of allylic oxidation sites excluding steroid dienone is 1. The lowest BCUT2D eigenvalue weighted by molar-refractivity contribution is 0.598. The fourth-order valence-corrected chi connectivity index (χ4v) is 1.42. The standard InChI is InChI=1S/C9H10NO2S/c1-2-3-8-4-6-9(7-5-8)13(10,11)12/h2-7H,1H2,(H2,10,11,12). The van der Waals surface area contributed by atoms with Gasteiger partial charge in [0.05, 0.1) is 4.90 Å². The molecule has 69 valence electrons. The summed E-state index contributed by atoms with van der Waals surface area (Å²) in [5, 5.41) is 4.92. The Bertz CT molecular complexity index is 404. The third-order valence-corrected chi connectivity index (χ3v) is 2.45. The molecule has 1 rings (SSSR count). The first-order chi connectivity index (χ1) is 6.04. The fraction of sp³-hybridized carbons (Fsp3) is 0. The quantitative estimate of drug-likeness (QED) is 0.772. The predicted molar refractivity (Wildman–Crippen MR) is 52.2 cm³/mol. The van der Waals surface area contributed by atoms with Gasteiger partial charge in [-0.1, -0.05) is 24.3 Å². The van der Waals surface area contributed by atoms with Crippen molar-refractivity contribution in [2.75, 3.05) is 0 Å². The second-order valence-electron chi connectivity index (χ2n) is 2.52. The van der Waals surface area contributed by atoms with E-state index in [4.69, 9.17) is 5.14 Å². The molecule has 0 fully saturated rings. The highest BCUT2D eigenvalue weighted by molar-refractivity contribution is 7.89. The number of hydrogen-bond acceptors (Lipinski definition) is 2. The summed E-state index contributed by atoms with van der Waals surface area (Å²) in [6.07, 6.45) is 3.40. The molecule has 3 nitrogen and oxygen atoms in total. The van der Waals surface area contributed by atoms with E-state index in [1.165, 1.54) is 12.1 Å². The van der Waals surface area contributed by atoms with Gasteiger partial charge in [-0.2, -0.15) is 0 Å². The van der Waals surface area contributed by atoms with Crippen LogP contribution in [0.2, 0.25) is 0 Å². The Morgan fingerprint density at radius 2 is 1.77 bits per heavy atom. The molecular weight excluding hydrogens is 186 g/mol. The summed E-state index contributed by atoms with van der Waals surface area (Å²) >= 11 is 0. The van der Waals surface area contributed by atoms with E-state index in [9.17, 15) is 8.42 Å². The zero-order chi connectivity index (χ0) is 9.90. The van der Waals surface area contributed by atoms with Crippen LogP contribution < -0.4 is 5.14 Å². The van der Waals surface area contributed by atoms with Crippen LogP contribution in [0.5, 0.6) is 0 Å². The van der Waals surface area contributed by atoms with Gasteiger partial charge in [0.2, 0.25) is 10.0 Å². The second kappa shape index (κ2) is 3.72. The monoisotopic (exact) mass is 196 g/mol. The van der Waals surface area contributed by atoms with E-state index in [0.29, 0.717) is 0 Å². The number of rotatable bonds is 2. The third kappa shape index (κ3) is 2.68. The first kappa shape index (κ1) is 9.95. The van der Waals surface area contributed by atoms with E-state index in [0.717, 1.165) is 5.56 Å². The maximum atomic E-state index is 10.8. The van der Waals surface area contributed by atoms with Gasteiger partial charge in [-0.3, -0.25) is 0 Å². The molecule has 0 saturated carbocycles. The summed E-state index contributed by atoms with van der Waals surface area (Å²) in [6.45, 7) is 3.53. The maximum Gasteiger partial charge on any atom is 0.238 e. The molecule has 0 unspecified atom stereocenters. The molecule has 2 N–H and O–H groups in total. The zero-order valence-corrected chi connectivity index (χ0v) is 7.79. The second-order valence-corrected chi connectivity index (χ2v) is 4.08.